The Balaban J connectivity index is 1.36. The molecule has 164 valence electrons. The lowest BCUT2D eigenvalue weighted by atomic mass is 9.67. The molecule has 0 amide bonds. The van der Waals surface area contributed by atoms with Gasteiger partial charge in [-0.05, 0) is 55.8 Å². The standard InChI is InChI=1S/C27H50O/c1-3-5-9-23-10-12-24(13-11-23)14-15-25-16-18-26(19-17-25)27(28-22-4-2)20-7-6-8-21-27/h23-26H,3-22H2,1-2H3. The number of ether oxygens (including phenoxy) is 1. The maximum atomic E-state index is 6.59. The second kappa shape index (κ2) is 12.0. The number of hydrogen-bond donors (Lipinski definition) is 0. The Morgan fingerprint density at radius 3 is 1.71 bits per heavy atom. The SMILES string of the molecule is CCCCC1CCC(CCC2CCC(C3(OCCC)CCCCC3)CC2)CC1. The molecular weight excluding hydrogens is 340 g/mol. The first kappa shape index (κ1) is 22.6. The van der Waals surface area contributed by atoms with Crippen molar-refractivity contribution in [1.29, 1.82) is 0 Å². The molecule has 0 spiro atoms. The predicted molar refractivity (Wildman–Crippen MR) is 122 cm³/mol. The molecule has 3 saturated carbocycles. The smallest absolute Gasteiger partial charge is 0.0710 e. The minimum absolute atomic E-state index is 0.274. The molecule has 3 aliphatic carbocycles. The normalized spacial score (nSPS) is 33.6. The Hall–Kier alpha value is -0.0400. The molecule has 0 unspecified atom stereocenters. The van der Waals surface area contributed by atoms with Crippen LogP contribution in [0.15, 0.2) is 0 Å². The van der Waals surface area contributed by atoms with Crippen LogP contribution in [0, 0.1) is 23.7 Å². The van der Waals surface area contributed by atoms with Crippen molar-refractivity contribution in [3.63, 3.8) is 0 Å². The second-order valence-electron chi connectivity index (χ2n) is 10.8. The van der Waals surface area contributed by atoms with Gasteiger partial charge in [0.05, 0.1) is 5.60 Å². The highest BCUT2D eigenvalue weighted by atomic mass is 16.5. The molecule has 28 heavy (non-hydrogen) atoms. The minimum atomic E-state index is 0.274. The molecule has 3 rings (SSSR count). The fraction of sp³-hybridized carbons (Fsp3) is 1.00. The van der Waals surface area contributed by atoms with Gasteiger partial charge in [-0.25, -0.2) is 0 Å². The molecule has 3 fully saturated rings. The van der Waals surface area contributed by atoms with Crippen molar-refractivity contribution in [2.24, 2.45) is 23.7 Å². The van der Waals surface area contributed by atoms with Crippen LogP contribution in [0.1, 0.15) is 136 Å². The van der Waals surface area contributed by atoms with E-state index in [1.165, 1.54) is 122 Å². The molecule has 0 atom stereocenters. The van der Waals surface area contributed by atoms with E-state index in [1.54, 1.807) is 0 Å². The molecule has 0 heterocycles. The third-order valence-corrected chi connectivity index (χ3v) is 8.80. The van der Waals surface area contributed by atoms with Gasteiger partial charge >= 0.3 is 0 Å². The van der Waals surface area contributed by atoms with Gasteiger partial charge in [-0.1, -0.05) is 104 Å². The van der Waals surface area contributed by atoms with Crippen LogP contribution in [0.2, 0.25) is 0 Å². The lowest BCUT2D eigenvalue weighted by molar-refractivity contribution is -0.121. The van der Waals surface area contributed by atoms with E-state index >= 15 is 0 Å². The third kappa shape index (κ3) is 6.48. The second-order valence-corrected chi connectivity index (χ2v) is 10.8. The summed E-state index contributed by atoms with van der Waals surface area (Å²) in [5, 5.41) is 0. The van der Waals surface area contributed by atoms with E-state index in [9.17, 15) is 0 Å². The van der Waals surface area contributed by atoms with E-state index in [2.05, 4.69) is 13.8 Å². The average Bonchev–Trinajstić information content (AvgIpc) is 2.76. The molecule has 1 nitrogen and oxygen atoms in total. The van der Waals surface area contributed by atoms with Gasteiger partial charge in [-0.3, -0.25) is 0 Å². The van der Waals surface area contributed by atoms with Gasteiger partial charge in [-0.2, -0.15) is 0 Å². The van der Waals surface area contributed by atoms with Crippen molar-refractivity contribution in [3.05, 3.63) is 0 Å². The largest absolute Gasteiger partial charge is 0.375 e. The maximum absolute atomic E-state index is 6.59. The third-order valence-electron chi connectivity index (χ3n) is 8.80. The summed E-state index contributed by atoms with van der Waals surface area (Å²) >= 11 is 0. The summed E-state index contributed by atoms with van der Waals surface area (Å²) in [6.45, 7) is 5.60. The van der Waals surface area contributed by atoms with Crippen LogP contribution in [0.25, 0.3) is 0 Å². The molecule has 0 saturated heterocycles. The van der Waals surface area contributed by atoms with Gasteiger partial charge in [0, 0.05) is 6.61 Å². The fourth-order valence-electron chi connectivity index (χ4n) is 6.88. The van der Waals surface area contributed by atoms with Crippen LogP contribution < -0.4 is 0 Å². The Bertz CT molecular complexity index is 394. The van der Waals surface area contributed by atoms with Crippen LogP contribution in [-0.2, 0) is 4.74 Å². The van der Waals surface area contributed by atoms with Gasteiger partial charge in [0.25, 0.3) is 0 Å². The van der Waals surface area contributed by atoms with Gasteiger partial charge in [0.1, 0.15) is 0 Å². The Kier molecular flexibility index (Phi) is 9.68. The molecule has 0 aromatic rings. The van der Waals surface area contributed by atoms with Gasteiger partial charge in [0.2, 0.25) is 0 Å². The lowest BCUT2D eigenvalue weighted by Gasteiger charge is -2.46. The fourth-order valence-corrected chi connectivity index (χ4v) is 6.88. The summed E-state index contributed by atoms with van der Waals surface area (Å²) in [6.07, 6.45) is 27.6. The number of unbranched alkanes of at least 4 members (excludes halogenated alkanes) is 1. The quantitative estimate of drug-likeness (QED) is 0.362. The zero-order valence-electron chi connectivity index (χ0n) is 19.4. The van der Waals surface area contributed by atoms with Crippen LogP contribution in [-0.4, -0.2) is 12.2 Å². The van der Waals surface area contributed by atoms with Gasteiger partial charge < -0.3 is 4.74 Å². The van der Waals surface area contributed by atoms with Crippen LogP contribution in [0.4, 0.5) is 0 Å². The van der Waals surface area contributed by atoms with Crippen molar-refractivity contribution in [2.45, 2.75) is 141 Å². The van der Waals surface area contributed by atoms with Gasteiger partial charge in [0.15, 0.2) is 0 Å². The topological polar surface area (TPSA) is 9.23 Å². The van der Waals surface area contributed by atoms with E-state index < -0.39 is 0 Å². The first-order valence-corrected chi connectivity index (χ1v) is 13.4. The zero-order chi connectivity index (χ0) is 19.7. The highest BCUT2D eigenvalue weighted by molar-refractivity contribution is 4.93. The molecular formula is C27H50O. The van der Waals surface area contributed by atoms with E-state index in [0.29, 0.717) is 0 Å². The summed E-state index contributed by atoms with van der Waals surface area (Å²) in [5.41, 5.74) is 0.274. The molecule has 0 N–H and O–H groups in total. The summed E-state index contributed by atoms with van der Waals surface area (Å²) in [4.78, 5) is 0. The van der Waals surface area contributed by atoms with E-state index in [4.69, 9.17) is 4.74 Å². The highest BCUT2D eigenvalue weighted by Crippen LogP contribution is 2.46. The summed E-state index contributed by atoms with van der Waals surface area (Å²) in [7, 11) is 0. The predicted octanol–water partition coefficient (Wildman–Crippen LogP) is 8.70. The van der Waals surface area contributed by atoms with Gasteiger partial charge in [-0.15, -0.1) is 0 Å². The number of rotatable bonds is 10. The van der Waals surface area contributed by atoms with Crippen LogP contribution in [0.5, 0.6) is 0 Å². The van der Waals surface area contributed by atoms with Crippen molar-refractivity contribution < 1.29 is 4.74 Å². The minimum Gasteiger partial charge on any atom is -0.375 e. The zero-order valence-corrected chi connectivity index (χ0v) is 19.4. The average molecular weight is 391 g/mol. The molecule has 1 heteroatoms. The van der Waals surface area contributed by atoms with Crippen molar-refractivity contribution >= 4 is 0 Å². The first-order valence-electron chi connectivity index (χ1n) is 13.4. The first-order chi connectivity index (χ1) is 13.8. The lowest BCUT2D eigenvalue weighted by Crippen LogP contribution is -2.44. The summed E-state index contributed by atoms with van der Waals surface area (Å²) in [6, 6.07) is 0. The monoisotopic (exact) mass is 390 g/mol. The van der Waals surface area contributed by atoms with Crippen molar-refractivity contribution in [1.82, 2.24) is 0 Å². The molecule has 0 aliphatic heterocycles. The Morgan fingerprint density at radius 2 is 1.18 bits per heavy atom. The summed E-state index contributed by atoms with van der Waals surface area (Å²) in [5.74, 6) is 4.03. The molecule has 0 bridgehead atoms. The van der Waals surface area contributed by atoms with E-state index in [0.717, 1.165) is 30.3 Å². The molecule has 0 aromatic heterocycles. The Morgan fingerprint density at radius 1 is 0.643 bits per heavy atom. The molecule has 0 radical (unpaired) electrons. The summed E-state index contributed by atoms with van der Waals surface area (Å²) < 4.78 is 6.59. The number of hydrogen-bond acceptors (Lipinski definition) is 1. The Labute approximate surface area is 176 Å². The van der Waals surface area contributed by atoms with Crippen LogP contribution >= 0.6 is 0 Å². The van der Waals surface area contributed by atoms with Crippen molar-refractivity contribution in [2.75, 3.05) is 6.61 Å². The van der Waals surface area contributed by atoms with E-state index in [1.807, 2.05) is 0 Å². The van der Waals surface area contributed by atoms with E-state index in [-0.39, 0.29) is 5.60 Å². The molecule has 0 aromatic carbocycles. The molecule has 3 aliphatic rings. The van der Waals surface area contributed by atoms with Crippen LogP contribution in [0.3, 0.4) is 0 Å². The van der Waals surface area contributed by atoms with Crippen molar-refractivity contribution in [3.8, 4) is 0 Å². The maximum Gasteiger partial charge on any atom is 0.0710 e. The highest BCUT2D eigenvalue weighted by Gasteiger charge is 2.42.